The maximum atomic E-state index is 12.9. The summed E-state index contributed by atoms with van der Waals surface area (Å²) in [6, 6.07) is 2.05. The van der Waals surface area contributed by atoms with Crippen LogP contribution in [0.25, 0.3) is 0 Å². The molecule has 1 saturated heterocycles. The second-order valence-electron chi connectivity index (χ2n) is 7.63. The van der Waals surface area contributed by atoms with E-state index in [1.54, 1.807) is 0 Å². The zero-order chi connectivity index (χ0) is 29.6. The van der Waals surface area contributed by atoms with E-state index in [0.717, 1.165) is 11.3 Å². The molecule has 2 aromatic rings. The summed E-state index contributed by atoms with van der Waals surface area (Å²) in [4.78, 5) is 67.0. The average Bonchev–Trinajstić information content (AvgIpc) is 3.30. The number of carbonyl (C=O) groups is 4. The summed E-state index contributed by atoms with van der Waals surface area (Å²) in [7, 11) is -5.07. The monoisotopic (exact) mass is 625 g/mol. The summed E-state index contributed by atoms with van der Waals surface area (Å²) in [6.45, 7) is -1.83. The summed E-state index contributed by atoms with van der Waals surface area (Å²) in [5, 5.41) is 17.7. The van der Waals surface area contributed by atoms with Crippen LogP contribution in [0.4, 0.5) is 15.6 Å². The van der Waals surface area contributed by atoms with Crippen LogP contribution in [0, 0.1) is 10.1 Å². The van der Waals surface area contributed by atoms with Crippen molar-refractivity contribution in [2.75, 3.05) is 18.9 Å². The number of carbonyl (C=O) groups excluding carboxylic acids is 4. The number of hydrogen-bond donors (Lipinski definition) is 4. The number of anilines is 1. The van der Waals surface area contributed by atoms with Crippen LogP contribution >= 0.6 is 11.3 Å². The molecule has 1 aromatic heterocycles. The minimum absolute atomic E-state index is 0. The van der Waals surface area contributed by atoms with Crippen molar-refractivity contribution in [2.45, 2.75) is 18.7 Å². The van der Waals surface area contributed by atoms with E-state index in [9.17, 15) is 42.3 Å². The molecular formula is C19H20N7NaO12S2. The number of nitrogen functional groups attached to an aromatic ring is 1. The van der Waals surface area contributed by atoms with Crippen molar-refractivity contribution in [2.24, 2.45) is 10.9 Å². The van der Waals surface area contributed by atoms with Gasteiger partial charge >= 0.3 is 51.9 Å². The number of nitrogens with two attached hydrogens (primary N) is 2. The number of hydrogen-bond acceptors (Lipinski definition) is 15. The quantitative estimate of drug-likeness (QED) is 0.0379. The number of nitro benzene ring substituents is 1. The predicted octanol–water partition coefficient (Wildman–Crippen LogP) is -1.96. The number of amides is 3. The number of aromatic nitrogens is 1. The number of esters is 1. The van der Waals surface area contributed by atoms with Crippen LogP contribution in [-0.4, -0.2) is 112 Å². The van der Waals surface area contributed by atoms with Gasteiger partial charge in [-0.15, -0.1) is 11.3 Å². The van der Waals surface area contributed by atoms with Gasteiger partial charge in [-0.25, -0.2) is 18.9 Å². The molecule has 0 saturated carbocycles. The topological polar surface area (TPSA) is 286 Å². The van der Waals surface area contributed by atoms with Crippen LogP contribution in [-0.2, 0) is 45.6 Å². The first kappa shape index (κ1) is 33.3. The van der Waals surface area contributed by atoms with Crippen LogP contribution in [0.15, 0.2) is 34.8 Å². The van der Waals surface area contributed by atoms with Gasteiger partial charge in [-0.2, -0.15) is 8.42 Å². The summed E-state index contributed by atoms with van der Waals surface area (Å²) in [5.74, 6) is -3.33. The molecule has 1 aromatic carbocycles. The van der Waals surface area contributed by atoms with Gasteiger partial charge in [-0.1, -0.05) is 5.16 Å². The van der Waals surface area contributed by atoms with Crippen molar-refractivity contribution in [1.82, 2.24) is 14.6 Å². The summed E-state index contributed by atoms with van der Waals surface area (Å²) in [5.41, 5.74) is 10.0. The first-order valence-corrected chi connectivity index (χ1v) is 12.9. The fraction of sp³-hybridized carbons (Fsp3) is 0.263. The molecule has 19 nitrogen and oxygen atoms in total. The third kappa shape index (κ3) is 8.80. The second kappa shape index (κ2) is 14.1. The Morgan fingerprint density at radius 2 is 1.90 bits per heavy atom. The number of thiazole rings is 1. The number of nitro groups is 1. The Kier molecular flexibility index (Phi) is 11.5. The predicted molar refractivity (Wildman–Crippen MR) is 139 cm³/mol. The van der Waals surface area contributed by atoms with E-state index in [4.69, 9.17) is 21.0 Å². The number of benzene rings is 1. The second-order valence-corrected chi connectivity index (χ2v) is 9.81. The van der Waals surface area contributed by atoms with Gasteiger partial charge < -0.3 is 31.1 Å². The molecule has 0 unspecified atom stereocenters. The normalized spacial score (nSPS) is 16.6. The zero-order valence-electron chi connectivity index (χ0n) is 19.9. The molecule has 41 heavy (non-hydrogen) atoms. The van der Waals surface area contributed by atoms with Crippen molar-refractivity contribution in [3.63, 3.8) is 0 Å². The van der Waals surface area contributed by atoms with E-state index in [2.05, 4.69) is 20.2 Å². The zero-order valence-corrected chi connectivity index (χ0v) is 21.5. The number of rotatable bonds is 12. The fourth-order valence-corrected chi connectivity index (χ4v) is 4.59. The molecule has 1 fully saturated rings. The number of oxime groups is 1. The van der Waals surface area contributed by atoms with Crippen molar-refractivity contribution in [1.29, 1.82) is 0 Å². The molecule has 3 rings (SSSR count). The van der Waals surface area contributed by atoms with E-state index in [1.165, 1.54) is 29.6 Å². The number of non-ortho nitro benzene ring substituents is 1. The van der Waals surface area contributed by atoms with Gasteiger partial charge in [-0.3, -0.25) is 24.3 Å². The van der Waals surface area contributed by atoms with Crippen molar-refractivity contribution < 1.29 is 51.4 Å². The minimum atomic E-state index is -5.07. The molecule has 1 aliphatic heterocycles. The molecule has 0 aliphatic carbocycles. The Morgan fingerprint density at radius 1 is 1.24 bits per heavy atom. The molecule has 22 heteroatoms. The van der Waals surface area contributed by atoms with Crippen molar-refractivity contribution in [3.05, 3.63) is 51.0 Å². The van der Waals surface area contributed by atoms with Gasteiger partial charge in [0.15, 0.2) is 10.8 Å². The van der Waals surface area contributed by atoms with E-state index in [1.807, 2.05) is 0 Å². The number of ether oxygens (including phenoxy) is 2. The molecule has 3 amide bonds. The molecule has 1 aliphatic rings. The van der Waals surface area contributed by atoms with Gasteiger partial charge in [-0.05, 0) is 17.7 Å². The van der Waals surface area contributed by atoms with E-state index < -0.39 is 70.1 Å². The molecule has 0 bridgehead atoms. The Labute approximate surface area is 256 Å². The standard InChI is InChI=1S/C19H19N7O12S2.Na.H/c20-18-22-11(8-39-18)14(24-38-7-13(27)36-5-9-1-3-10(4-2-9)26(31)32)16(28)23-15-12(6-37-19(21)30)25(17(15)29)40(33,34)35;;/h1-4,8,12,15H,5-7H2,(H2,20,22)(H2,21,30)(H,23,28)(H,33,34,35);;/b24-14-;;/t12-,15+;;/m1../s1. The van der Waals surface area contributed by atoms with Gasteiger partial charge in [0, 0.05) is 17.5 Å². The maximum absolute atomic E-state index is 12.9. The fourth-order valence-electron chi connectivity index (χ4n) is 3.17. The van der Waals surface area contributed by atoms with Gasteiger partial charge in [0.05, 0.1) is 4.92 Å². The van der Waals surface area contributed by atoms with E-state index >= 15 is 0 Å². The molecule has 2 atom stereocenters. The van der Waals surface area contributed by atoms with E-state index in [0.29, 0.717) is 5.56 Å². The molecule has 216 valence electrons. The van der Waals surface area contributed by atoms with Crippen molar-refractivity contribution in [3.8, 4) is 0 Å². The number of primary amides is 1. The SMILES string of the molecule is NC(=O)OC[C@@H]1[C@H](NC(=O)/C(=N\OCC(=O)OCc2ccc([N+](=O)[O-])cc2)c2csc(N)n2)C(=O)N1S(=O)(=O)O.[NaH]. The summed E-state index contributed by atoms with van der Waals surface area (Å²) in [6.07, 6.45) is -1.31. The van der Waals surface area contributed by atoms with Crippen molar-refractivity contribution >= 4 is 91.6 Å². The third-order valence-corrected chi connectivity index (χ3v) is 6.59. The Morgan fingerprint density at radius 3 is 2.44 bits per heavy atom. The van der Waals surface area contributed by atoms with Crippen LogP contribution < -0.4 is 16.8 Å². The Hall–Kier alpha value is -3.89. The first-order valence-electron chi connectivity index (χ1n) is 10.6. The Balaban J connectivity index is 0.00000588. The van der Waals surface area contributed by atoms with Gasteiger partial charge in [0.2, 0.25) is 6.61 Å². The van der Waals surface area contributed by atoms with Gasteiger partial charge in [0.25, 0.3) is 17.5 Å². The number of nitrogens with zero attached hydrogens (tertiary/aromatic N) is 4. The number of β-lactam (4-membered cyclic amide) rings is 1. The van der Waals surface area contributed by atoms with Crippen LogP contribution in [0.3, 0.4) is 0 Å². The molecule has 0 radical (unpaired) electrons. The Bertz CT molecular complexity index is 1460. The average molecular weight is 626 g/mol. The summed E-state index contributed by atoms with van der Waals surface area (Å²) >= 11 is 0.911. The molecular weight excluding hydrogens is 605 g/mol. The summed E-state index contributed by atoms with van der Waals surface area (Å²) < 4.78 is 41.7. The molecule has 6 N–H and O–H groups in total. The molecule has 0 spiro atoms. The first-order chi connectivity index (χ1) is 18.8. The van der Waals surface area contributed by atoms with E-state index in [-0.39, 0.29) is 57.0 Å². The van der Waals surface area contributed by atoms with Crippen LogP contribution in [0.5, 0.6) is 0 Å². The van der Waals surface area contributed by atoms with Crippen LogP contribution in [0.1, 0.15) is 11.3 Å². The molecule has 2 heterocycles. The van der Waals surface area contributed by atoms with Gasteiger partial charge in [0.1, 0.15) is 31.0 Å². The third-order valence-electron chi connectivity index (χ3n) is 4.97. The number of nitrogens with one attached hydrogen (secondary N) is 1. The van der Waals surface area contributed by atoms with Crippen LogP contribution in [0.2, 0.25) is 0 Å².